The molecule has 6 heavy (non-hydrogen) atoms. The number of hydrogen-bond donors (Lipinski definition) is 0. The molecule has 0 rings (SSSR count). The van der Waals surface area contributed by atoms with Crippen molar-refractivity contribution in [1.82, 2.24) is 0 Å². The average Bonchev–Trinajstić information content (AvgIpc) is 1.41. The molecule has 1 radical (unpaired) electrons. The molecule has 0 aliphatic rings. The van der Waals surface area contributed by atoms with E-state index < -0.39 is 0 Å². The standard InChI is InChI=1S/C5H10.V/c1-3-5-4-2;/h1-5H2;/q-2;+2. The summed E-state index contributed by atoms with van der Waals surface area (Å²) < 4.78 is 0. The Morgan fingerprint density at radius 1 is 1.00 bits per heavy atom. The number of rotatable bonds is 2. The predicted octanol–water partition coefficient (Wildman–Crippen LogP) is 1.82. The summed E-state index contributed by atoms with van der Waals surface area (Å²) >= 11 is 0. The molecule has 0 aromatic heterocycles. The van der Waals surface area contributed by atoms with Crippen molar-refractivity contribution < 1.29 is 18.6 Å². The minimum absolute atomic E-state index is 0. The molecule has 0 aliphatic heterocycles. The Hall–Kier alpha value is 0.584. The van der Waals surface area contributed by atoms with Crippen LogP contribution in [0.4, 0.5) is 0 Å². The molecule has 0 aromatic carbocycles. The fourth-order valence-electron chi connectivity index (χ4n) is 0.177. The molecular formula is C5H10V. The molecule has 0 aromatic rings. The van der Waals surface area contributed by atoms with E-state index in [-0.39, 0.29) is 18.6 Å². The van der Waals surface area contributed by atoms with Crippen molar-refractivity contribution in [3.05, 3.63) is 13.8 Å². The molecule has 0 fully saturated rings. The second-order valence-corrected chi connectivity index (χ2v) is 1.06. The molecule has 0 N–H and O–H groups in total. The van der Waals surface area contributed by atoms with Gasteiger partial charge in [-0.05, 0) is 0 Å². The van der Waals surface area contributed by atoms with Crippen LogP contribution in [0.25, 0.3) is 0 Å². The van der Waals surface area contributed by atoms with Crippen LogP contribution < -0.4 is 0 Å². The summed E-state index contributed by atoms with van der Waals surface area (Å²) in [6.07, 6.45) is 3.23. The van der Waals surface area contributed by atoms with Gasteiger partial charge in [-0.3, -0.25) is 0 Å². The van der Waals surface area contributed by atoms with Gasteiger partial charge in [-0.1, -0.05) is 0 Å². The molecule has 35 valence electrons. The first-order chi connectivity index (χ1) is 2.41. The smallest absolute Gasteiger partial charge is 0.343 e. The normalized spacial score (nSPS) is 7.00. The molecule has 0 nitrogen and oxygen atoms in total. The molecule has 0 aliphatic carbocycles. The van der Waals surface area contributed by atoms with E-state index in [1.807, 2.05) is 0 Å². The summed E-state index contributed by atoms with van der Waals surface area (Å²) in [5, 5.41) is 0. The topological polar surface area (TPSA) is 0 Å². The minimum Gasteiger partial charge on any atom is -0.343 e. The van der Waals surface area contributed by atoms with Gasteiger partial charge >= 0.3 is 18.6 Å². The Kier molecular flexibility index (Phi) is 14.9. The van der Waals surface area contributed by atoms with Gasteiger partial charge in [0.05, 0.1) is 0 Å². The van der Waals surface area contributed by atoms with E-state index in [9.17, 15) is 0 Å². The minimum atomic E-state index is 0. The van der Waals surface area contributed by atoms with Crippen molar-refractivity contribution in [1.29, 1.82) is 0 Å². The van der Waals surface area contributed by atoms with Crippen LogP contribution in [0.3, 0.4) is 0 Å². The average molecular weight is 121 g/mol. The van der Waals surface area contributed by atoms with Crippen LogP contribution >= 0.6 is 0 Å². The van der Waals surface area contributed by atoms with Crippen molar-refractivity contribution in [2.45, 2.75) is 19.3 Å². The molecule has 0 atom stereocenters. The molecule has 0 spiro atoms. The summed E-state index contributed by atoms with van der Waals surface area (Å²) in [6.45, 7) is 7.27. The third-order valence-corrected chi connectivity index (χ3v) is 0.500. The van der Waals surface area contributed by atoms with Crippen LogP contribution in [0.1, 0.15) is 19.3 Å². The van der Waals surface area contributed by atoms with Crippen LogP contribution in [0.15, 0.2) is 0 Å². The fraction of sp³-hybridized carbons (Fsp3) is 0.600. The van der Waals surface area contributed by atoms with Gasteiger partial charge in [0.15, 0.2) is 0 Å². The third kappa shape index (κ3) is 8.82. The first-order valence-electron chi connectivity index (χ1n) is 2.00. The predicted molar refractivity (Wildman–Crippen MR) is 24.6 cm³/mol. The molecule has 0 saturated heterocycles. The van der Waals surface area contributed by atoms with E-state index in [2.05, 4.69) is 13.8 Å². The van der Waals surface area contributed by atoms with Crippen LogP contribution in [-0.4, -0.2) is 0 Å². The Morgan fingerprint density at radius 3 is 1.33 bits per heavy atom. The summed E-state index contributed by atoms with van der Waals surface area (Å²) in [7, 11) is 0. The van der Waals surface area contributed by atoms with Gasteiger partial charge < -0.3 is 13.8 Å². The molecular weight excluding hydrogens is 111 g/mol. The van der Waals surface area contributed by atoms with Crippen molar-refractivity contribution in [3.63, 3.8) is 0 Å². The monoisotopic (exact) mass is 121 g/mol. The maximum absolute atomic E-state index is 3.64. The largest absolute Gasteiger partial charge is 2.00 e. The first-order valence-corrected chi connectivity index (χ1v) is 2.00. The van der Waals surface area contributed by atoms with Gasteiger partial charge in [0.2, 0.25) is 0 Å². The van der Waals surface area contributed by atoms with Crippen molar-refractivity contribution in [2.24, 2.45) is 0 Å². The zero-order valence-corrected chi connectivity index (χ0v) is 5.38. The summed E-state index contributed by atoms with van der Waals surface area (Å²) in [5.41, 5.74) is 0. The third-order valence-electron chi connectivity index (χ3n) is 0.500. The second-order valence-electron chi connectivity index (χ2n) is 1.06. The van der Waals surface area contributed by atoms with Gasteiger partial charge in [0.1, 0.15) is 0 Å². The van der Waals surface area contributed by atoms with Crippen LogP contribution in [0, 0.1) is 13.8 Å². The van der Waals surface area contributed by atoms with Gasteiger partial charge in [-0.15, -0.1) is 6.42 Å². The second kappa shape index (κ2) is 9.14. The van der Waals surface area contributed by atoms with E-state index >= 15 is 0 Å². The molecule has 0 saturated carbocycles. The Morgan fingerprint density at radius 2 is 1.33 bits per heavy atom. The summed E-state index contributed by atoms with van der Waals surface area (Å²) in [5.74, 6) is 0. The van der Waals surface area contributed by atoms with Crippen LogP contribution in [0.2, 0.25) is 0 Å². The van der Waals surface area contributed by atoms with Crippen molar-refractivity contribution >= 4 is 0 Å². The van der Waals surface area contributed by atoms with Crippen molar-refractivity contribution in [3.8, 4) is 0 Å². The van der Waals surface area contributed by atoms with Crippen molar-refractivity contribution in [2.75, 3.05) is 0 Å². The Bertz CT molecular complexity index is 11.4. The van der Waals surface area contributed by atoms with Crippen LogP contribution in [-0.2, 0) is 18.6 Å². The van der Waals surface area contributed by atoms with E-state index in [1.165, 1.54) is 6.42 Å². The maximum atomic E-state index is 3.64. The first kappa shape index (κ1) is 9.77. The number of hydrogen-bond acceptors (Lipinski definition) is 0. The van der Waals surface area contributed by atoms with Gasteiger partial charge in [-0.25, -0.2) is 0 Å². The SMILES string of the molecule is [CH2-]CCC[CH2-].[V+2]. The van der Waals surface area contributed by atoms with E-state index in [1.54, 1.807) is 0 Å². The number of unbranched alkanes of at least 4 members (excludes halogenated alkanes) is 2. The quantitative estimate of drug-likeness (QED) is 0.489. The fourth-order valence-corrected chi connectivity index (χ4v) is 0.177. The van der Waals surface area contributed by atoms with Gasteiger partial charge in [0, 0.05) is 0 Å². The van der Waals surface area contributed by atoms with Gasteiger partial charge in [-0.2, -0.15) is 12.8 Å². The van der Waals surface area contributed by atoms with Crippen LogP contribution in [0.5, 0.6) is 0 Å². The maximum Gasteiger partial charge on any atom is 2.00 e. The Labute approximate surface area is 52.2 Å². The summed E-state index contributed by atoms with van der Waals surface area (Å²) in [6, 6.07) is 0. The molecule has 0 amide bonds. The zero-order chi connectivity index (χ0) is 4.12. The summed E-state index contributed by atoms with van der Waals surface area (Å²) in [4.78, 5) is 0. The molecule has 0 unspecified atom stereocenters. The van der Waals surface area contributed by atoms with Gasteiger partial charge in [0.25, 0.3) is 0 Å². The van der Waals surface area contributed by atoms with E-state index in [0.717, 1.165) is 12.8 Å². The van der Waals surface area contributed by atoms with E-state index in [4.69, 9.17) is 0 Å². The van der Waals surface area contributed by atoms with E-state index in [0.29, 0.717) is 0 Å². The molecule has 0 heterocycles. The Balaban J connectivity index is 0. The molecule has 1 heteroatoms. The molecule has 0 bridgehead atoms. The zero-order valence-electron chi connectivity index (χ0n) is 3.98.